The van der Waals surface area contributed by atoms with Crippen LogP contribution in [0.3, 0.4) is 0 Å². The second-order valence-corrected chi connectivity index (χ2v) is 5.57. The average molecular weight is 364 g/mol. The van der Waals surface area contributed by atoms with E-state index >= 15 is 0 Å². The van der Waals surface area contributed by atoms with Gasteiger partial charge in [0.2, 0.25) is 5.43 Å². The molecule has 0 saturated heterocycles. The zero-order valence-corrected chi connectivity index (χ0v) is 14.0. The summed E-state index contributed by atoms with van der Waals surface area (Å²) in [6.45, 7) is 1.81. The zero-order chi connectivity index (χ0) is 17.3. The summed E-state index contributed by atoms with van der Waals surface area (Å²) < 4.78 is 6.41. The quantitative estimate of drug-likeness (QED) is 0.527. The molecule has 0 aromatic carbocycles. The lowest BCUT2D eigenvalue weighted by Crippen LogP contribution is -2.21. The van der Waals surface area contributed by atoms with Crippen molar-refractivity contribution in [2.24, 2.45) is 0 Å². The minimum atomic E-state index is -0.722. The van der Waals surface area contributed by atoms with Gasteiger partial charge in [0.1, 0.15) is 10.7 Å². The summed E-state index contributed by atoms with van der Waals surface area (Å²) in [5, 5.41) is 0.747. The molecule has 0 atom stereocenters. The third kappa shape index (κ3) is 2.86. The van der Waals surface area contributed by atoms with E-state index < -0.39 is 11.4 Å². The second-order valence-electron chi connectivity index (χ2n) is 4.78. The summed E-state index contributed by atoms with van der Waals surface area (Å²) >= 11 is 12.1. The molecule has 3 aromatic rings. The van der Waals surface area contributed by atoms with Crippen molar-refractivity contribution >= 4 is 40.2 Å². The Morgan fingerprint density at radius 2 is 2.08 bits per heavy atom. The van der Waals surface area contributed by atoms with E-state index in [9.17, 15) is 9.59 Å². The highest BCUT2D eigenvalue weighted by Crippen LogP contribution is 2.22. The maximum Gasteiger partial charge on any atom is 0.343 e. The number of rotatable bonds is 3. The summed E-state index contributed by atoms with van der Waals surface area (Å²) in [6.07, 6.45) is 2.86. The molecule has 0 aliphatic carbocycles. The Morgan fingerprint density at radius 1 is 1.29 bits per heavy atom. The van der Waals surface area contributed by atoms with Crippen LogP contribution in [0.2, 0.25) is 10.2 Å². The van der Waals surface area contributed by atoms with Gasteiger partial charge in [-0.25, -0.2) is 14.8 Å². The first kappa shape index (κ1) is 16.4. The molecule has 0 amide bonds. The van der Waals surface area contributed by atoms with Gasteiger partial charge in [-0.15, -0.1) is 0 Å². The summed E-state index contributed by atoms with van der Waals surface area (Å²) in [6, 6.07) is 6.29. The minimum Gasteiger partial charge on any atom is -0.462 e. The van der Waals surface area contributed by atoms with Crippen LogP contribution in [0.5, 0.6) is 0 Å². The number of aromatic nitrogens is 3. The summed E-state index contributed by atoms with van der Waals surface area (Å²) in [5.41, 5.74) is -0.368. The smallest absolute Gasteiger partial charge is 0.343 e. The van der Waals surface area contributed by atoms with E-state index in [4.69, 9.17) is 27.9 Å². The van der Waals surface area contributed by atoms with Gasteiger partial charge in [-0.3, -0.25) is 9.36 Å². The topological polar surface area (TPSA) is 74.1 Å². The van der Waals surface area contributed by atoms with Crippen LogP contribution in [0.4, 0.5) is 0 Å². The van der Waals surface area contributed by atoms with Crippen molar-refractivity contribution in [2.75, 3.05) is 6.61 Å². The van der Waals surface area contributed by atoms with Crippen LogP contribution in [0.15, 0.2) is 41.5 Å². The molecule has 0 spiro atoms. The maximum atomic E-state index is 12.6. The normalized spacial score (nSPS) is 10.8. The Bertz CT molecular complexity index is 1000. The van der Waals surface area contributed by atoms with E-state index in [1.807, 2.05) is 0 Å². The molecule has 6 nitrogen and oxygen atoms in total. The molecule has 3 rings (SSSR count). The van der Waals surface area contributed by atoms with Crippen molar-refractivity contribution in [3.8, 4) is 5.82 Å². The van der Waals surface area contributed by atoms with Crippen molar-refractivity contribution in [2.45, 2.75) is 6.92 Å². The van der Waals surface area contributed by atoms with Crippen molar-refractivity contribution < 1.29 is 9.53 Å². The van der Waals surface area contributed by atoms with Gasteiger partial charge in [0, 0.05) is 12.4 Å². The molecule has 0 radical (unpaired) electrons. The number of fused-ring (bicyclic) bond motifs is 1. The minimum absolute atomic E-state index is 0.129. The fraction of sp³-hybridized carbons (Fsp3) is 0.125. The van der Waals surface area contributed by atoms with Crippen molar-refractivity contribution in [1.82, 2.24) is 14.5 Å². The molecule has 0 fully saturated rings. The Morgan fingerprint density at radius 3 is 2.79 bits per heavy atom. The highest BCUT2D eigenvalue weighted by atomic mass is 35.5. The first-order valence-corrected chi connectivity index (χ1v) is 7.78. The molecule has 24 heavy (non-hydrogen) atoms. The zero-order valence-electron chi connectivity index (χ0n) is 12.5. The van der Waals surface area contributed by atoms with Crippen LogP contribution < -0.4 is 5.43 Å². The number of halogens is 2. The fourth-order valence-corrected chi connectivity index (χ4v) is 2.61. The lowest BCUT2D eigenvalue weighted by Gasteiger charge is -2.12. The van der Waals surface area contributed by atoms with Crippen LogP contribution in [0, 0.1) is 0 Å². The number of hydrogen-bond donors (Lipinski definition) is 0. The predicted molar refractivity (Wildman–Crippen MR) is 91.1 cm³/mol. The molecule has 0 N–H and O–H groups in total. The Kier molecular flexibility index (Phi) is 4.51. The van der Waals surface area contributed by atoms with Crippen molar-refractivity contribution in [3.05, 3.63) is 62.6 Å². The third-order valence-electron chi connectivity index (χ3n) is 3.28. The van der Waals surface area contributed by atoms with E-state index in [1.54, 1.807) is 25.3 Å². The molecular formula is C16H11Cl2N3O3. The first-order valence-electron chi connectivity index (χ1n) is 7.03. The third-order valence-corrected chi connectivity index (χ3v) is 3.78. The number of carbonyl (C=O) groups excluding carboxylic acids is 1. The van der Waals surface area contributed by atoms with E-state index in [1.165, 1.54) is 22.9 Å². The maximum absolute atomic E-state index is 12.6. The van der Waals surface area contributed by atoms with Gasteiger partial charge in [0.05, 0.1) is 17.0 Å². The van der Waals surface area contributed by atoms with Gasteiger partial charge < -0.3 is 4.74 Å². The lowest BCUT2D eigenvalue weighted by molar-refractivity contribution is 0.0524. The van der Waals surface area contributed by atoms with E-state index in [0.717, 1.165) is 0 Å². The van der Waals surface area contributed by atoms with Gasteiger partial charge in [-0.05, 0) is 31.2 Å². The number of pyridine rings is 3. The summed E-state index contributed by atoms with van der Waals surface area (Å²) in [5.74, 6) is -0.398. The molecule has 0 aliphatic rings. The number of carbonyl (C=O) groups is 1. The SMILES string of the molecule is CCOC(=O)c1cn(-c2ncccc2Cl)c2nc(Cl)ccc2c1=O. The van der Waals surface area contributed by atoms with Crippen molar-refractivity contribution in [3.63, 3.8) is 0 Å². The number of esters is 1. The number of ether oxygens (including phenoxy) is 1. The average Bonchev–Trinajstić information content (AvgIpc) is 2.56. The van der Waals surface area contributed by atoms with E-state index in [0.29, 0.717) is 10.8 Å². The Hall–Kier alpha value is -2.44. The van der Waals surface area contributed by atoms with Gasteiger partial charge in [-0.1, -0.05) is 23.2 Å². The highest BCUT2D eigenvalue weighted by molar-refractivity contribution is 6.32. The van der Waals surface area contributed by atoms with Crippen LogP contribution in [0.1, 0.15) is 17.3 Å². The number of hydrogen-bond acceptors (Lipinski definition) is 5. The van der Waals surface area contributed by atoms with E-state index in [2.05, 4.69) is 9.97 Å². The van der Waals surface area contributed by atoms with E-state index in [-0.39, 0.29) is 28.4 Å². The molecule has 0 bridgehead atoms. The number of nitrogens with zero attached hydrogens (tertiary/aromatic N) is 3. The van der Waals surface area contributed by atoms with Gasteiger partial charge in [0.15, 0.2) is 11.5 Å². The van der Waals surface area contributed by atoms with Crippen molar-refractivity contribution in [1.29, 1.82) is 0 Å². The molecular weight excluding hydrogens is 353 g/mol. The van der Waals surface area contributed by atoms with Crippen LogP contribution in [-0.2, 0) is 4.74 Å². The molecule has 3 aromatic heterocycles. The first-order chi connectivity index (χ1) is 11.5. The van der Waals surface area contributed by atoms with Crippen LogP contribution >= 0.6 is 23.2 Å². The molecule has 122 valence electrons. The van der Waals surface area contributed by atoms with Crippen LogP contribution in [0.25, 0.3) is 16.9 Å². The molecule has 0 aliphatic heterocycles. The molecule has 3 heterocycles. The molecule has 0 unspecified atom stereocenters. The van der Waals surface area contributed by atoms with Gasteiger partial charge in [0.25, 0.3) is 0 Å². The molecule has 8 heteroatoms. The Labute approximate surface area is 146 Å². The summed E-state index contributed by atoms with van der Waals surface area (Å²) in [7, 11) is 0. The largest absolute Gasteiger partial charge is 0.462 e. The van der Waals surface area contributed by atoms with Crippen LogP contribution in [-0.4, -0.2) is 27.1 Å². The predicted octanol–water partition coefficient (Wildman–Crippen LogP) is 3.26. The monoisotopic (exact) mass is 363 g/mol. The molecule has 0 saturated carbocycles. The van der Waals surface area contributed by atoms with Gasteiger partial charge >= 0.3 is 5.97 Å². The van der Waals surface area contributed by atoms with Gasteiger partial charge in [-0.2, -0.15) is 0 Å². The summed E-state index contributed by atoms with van der Waals surface area (Å²) in [4.78, 5) is 33.1. The second kappa shape index (κ2) is 6.59. The highest BCUT2D eigenvalue weighted by Gasteiger charge is 2.19. The standard InChI is InChI=1S/C16H11Cl2N3O3/c1-2-24-16(23)10-8-21(15-11(17)4-3-7-19-15)14-9(13(10)22)5-6-12(18)20-14/h3-8H,2H2,1H3. The fourth-order valence-electron chi connectivity index (χ4n) is 2.25. The lowest BCUT2D eigenvalue weighted by atomic mass is 10.2. The Balaban J connectivity index is 2.40.